The Bertz CT molecular complexity index is 371. The molecule has 0 spiro atoms. The zero-order chi connectivity index (χ0) is 12.7. The molecule has 5 heteroatoms. The summed E-state index contributed by atoms with van der Waals surface area (Å²) in [5.41, 5.74) is 0.673. The van der Waals surface area contributed by atoms with Gasteiger partial charge in [-0.1, -0.05) is 17.7 Å². The molecule has 0 radical (unpaired) electrons. The Balaban J connectivity index is 2.34. The van der Waals surface area contributed by atoms with Crippen molar-refractivity contribution in [2.75, 3.05) is 25.5 Å². The molecule has 0 fully saturated rings. The molecule has 1 amide bonds. The van der Waals surface area contributed by atoms with Crippen molar-refractivity contribution in [3.05, 3.63) is 29.3 Å². The van der Waals surface area contributed by atoms with E-state index < -0.39 is 0 Å². The topological polar surface area (TPSA) is 50.4 Å². The van der Waals surface area contributed by atoms with Crippen LogP contribution in [0.4, 0.5) is 5.69 Å². The number of halogens is 1. The Morgan fingerprint density at radius 1 is 1.53 bits per heavy atom. The highest BCUT2D eigenvalue weighted by molar-refractivity contribution is 6.30. The summed E-state index contributed by atoms with van der Waals surface area (Å²) in [4.78, 5) is 11.5. The number of carbonyl (C=O) groups is 1. The lowest BCUT2D eigenvalue weighted by molar-refractivity contribution is -0.122. The highest BCUT2D eigenvalue weighted by atomic mass is 35.5. The van der Waals surface area contributed by atoms with Crippen molar-refractivity contribution in [2.45, 2.75) is 13.0 Å². The molecule has 4 nitrogen and oxygen atoms in total. The first kappa shape index (κ1) is 14.0. The van der Waals surface area contributed by atoms with E-state index in [9.17, 15) is 4.79 Å². The molecule has 1 aromatic carbocycles. The predicted molar refractivity (Wildman–Crippen MR) is 69.4 cm³/mol. The van der Waals surface area contributed by atoms with Gasteiger partial charge in [-0.2, -0.15) is 0 Å². The third-order valence-electron chi connectivity index (χ3n) is 2.10. The van der Waals surface area contributed by atoms with Gasteiger partial charge in [0.15, 0.2) is 0 Å². The van der Waals surface area contributed by atoms with E-state index in [2.05, 4.69) is 10.6 Å². The summed E-state index contributed by atoms with van der Waals surface area (Å²) in [6, 6.07) is 7.00. The second-order valence-corrected chi connectivity index (χ2v) is 4.17. The van der Waals surface area contributed by atoms with Crippen molar-refractivity contribution < 1.29 is 9.53 Å². The maximum absolute atomic E-state index is 11.5. The summed E-state index contributed by atoms with van der Waals surface area (Å²) < 4.78 is 5.34. The van der Waals surface area contributed by atoms with Crippen LogP contribution < -0.4 is 10.6 Å². The quantitative estimate of drug-likeness (QED) is 0.817. The second kappa shape index (κ2) is 7.27. The van der Waals surface area contributed by atoms with Gasteiger partial charge in [-0.05, 0) is 32.2 Å². The lowest BCUT2D eigenvalue weighted by Gasteiger charge is -2.12. The minimum absolute atomic E-state index is 0.00473. The van der Waals surface area contributed by atoms with Crippen LogP contribution >= 0.6 is 11.6 Å². The molecule has 0 bridgehead atoms. The monoisotopic (exact) mass is 256 g/mol. The lowest BCUT2D eigenvalue weighted by atomic mass is 10.3. The number of hydrogen-bond donors (Lipinski definition) is 2. The third-order valence-corrected chi connectivity index (χ3v) is 2.33. The fourth-order valence-corrected chi connectivity index (χ4v) is 1.52. The number of nitrogens with one attached hydrogen (secondary N) is 2. The SMILES string of the molecule is CNCC(C)OCC(=O)Nc1cccc(Cl)c1. The van der Waals surface area contributed by atoms with Crippen LogP contribution in [0.15, 0.2) is 24.3 Å². The minimum Gasteiger partial charge on any atom is -0.367 e. The standard InChI is InChI=1S/C12H17ClN2O2/c1-9(7-14-2)17-8-12(16)15-11-5-3-4-10(13)6-11/h3-6,9,14H,7-8H2,1-2H3,(H,15,16). The molecule has 0 saturated heterocycles. The van der Waals surface area contributed by atoms with Crippen LogP contribution in [0.3, 0.4) is 0 Å². The predicted octanol–water partition coefficient (Wildman–Crippen LogP) is 1.90. The summed E-state index contributed by atoms with van der Waals surface area (Å²) in [5.74, 6) is -0.185. The van der Waals surface area contributed by atoms with Gasteiger partial charge in [-0.3, -0.25) is 4.79 Å². The van der Waals surface area contributed by atoms with Gasteiger partial charge in [-0.25, -0.2) is 0 Å². The fraction of sp³-hybridized carbons (Fsp3) is 0.417. The molecule has 0 aromatic heterocycles. The number of anilines is 1. The molecule has 0 aliphatic rings. The van der Waals surface area contributed by atoms with Gasteiger partial charge in [0, 0.05) is 17.3 Å². The van der Waals surface area contributed by atoms with Crippen LogP contribution in [0.25, 0.3) is 0 Å². The van der Waals surface area contributed by atoms with E-state index in [0.29, 0.717) is 17.3 Å². The first-order valence-electron chi connectivity index (χ1n) is 5.43. The van der Waals surface area contributed by atoms with Crippen LogP contribution in [-0.2, 0) is 9.53 Å². The molecule has 1 atom stereocenters. The van der Waals surface area contributed by atoms with Crippen LogP contribution in [0.2, 0.25) is 5.02 Å². The molecular weight excluding hydrogens is 240 g/mol. The molecule has 17 heavy (non-hydrogen) atoms. The van der Waals surface area contributed by atoms with Crippen LogP contribution in [0.1, 0.15) is 6.92 Å². The van der Waals surface area contributed by atoms with Gasteiger partial charge in [0.2, 0.25) is 5.91 Å². The first-order valence-corrected chi connectivity index (χ1v) is 5.81. The average Bonchev–Trinajstić information content (AvgIpc) is 2.27. The summed E-state index contributed by atoms with van der Waals surface area (Å²) in [7, 11) is 1.84. The normalized spacial score (nSPS) is 12.2. The van der Waals surface area contributed by atoms with Crippen molar-refractivity contribution in [2.24, 2.45) is 0 Å². The number of rotatable bonds is 6. The van der Waals surface area contributed by atoms with Crippen molar-refractivity contribution >= 4 is 23.2 Å². The van der Waals surface area contributed by atoms with Gasteiger partial charge in [0.05, 0.1) is 6.10 Å². The van der Waals surface area contributed by atoms with Gasteiger partial charge < -0.3 is 15.4 Å². The molecule has 1 unspecified atom stereocenters. The zero-order valence-corrected chi connectivity index (χ0v) is 10.8. The van der Waals surface area contributed by atoms with Gasteiger partial charge >= 0.3 is 0 Å². The Hall–Kier alpha value is -1.10. The van der Waals surface area contributed by atoms with Crippen LogP contribution in [0, 0.1) is 0 Å². The van der Waals surface area contributed by atoms with E-state index in [1.54, 1.807) is 24.3 Å². The molecule has 94 valence electrons. The van der Waals surface area contributed by atoms with Gasteiger partial charge in [-0.15, -0.1) is 0 Å². The van der Waals surface area contributed by atoms with Crippen LogP contribution in [0.5, 0.6) is 0 Å². The van der Waals surface area contributed by atoms with Gasteiger partial charge in [0.25, 0.3) is 0 Å². The fourth-order valence-electron chi connectivity index (χ4n) is 1.33. The Morgan fingerprint density at radius 2 is 2.29 bits per heavy atom. The Labute approximate surface area is 106 Å². The number of amides is 1. The Morgan fingerprint density at radius 3 is 2.94 bits per heavy atom. The number of benzene rings is 1. The average molecular weight is 257 g/mol. The third kappa shape index (κ3) is 5.68. The van der Waals surface area contributed by atoms with E-state index in [1.807, 2.05) is 14.0 Å². The second-order valence-electron chi connectivity index (χ2n) is 3.74. The summed E-state index contributed by atoms with van der Waals surface area (Å²) >= 11 is 5.81. The molecule has 0 aliphatic carbocycles. The maximum atomic E-state index is 11.5. The highest BCUT2D eigenvalue weighted by Crippen LogP contribution is 2.14. The van der Waals surface area contributed by atoms with E-state index in [-0.39, 0.29) is 18.6 Å². The first-order chi connectivity index (χ1) is 8.11. The summed E-state index contributed by atoms with van der Waals surface area (Å²) in [6.45, 7) is 2.66. The smallest absolute Gasteiger partial charge is 0.250 e. The largest absolute Gasteiger partial charge is 0.367 e. The molecule has 0 saturated carbocycles. The van der Waals surface area contributed by atoms with Crippen molar-refractivity contribution in [3.8, 4) is 0 Å². The molecular formula is C12H17ClN2O2. The van der Waals surface area contributed by atoms with Gasteiger partial charge in [0.1, 0.15) is 6.61 Å². The maximum Gasteiger partial charge on any atom is 0.250 e. The van der Waals surface area contributed by atoms with E-state index in [0.717, 1.165) is 0 Å². The van der Waals surface area contributed by atoms with E-state index >= 15 is 0 Å². The lowest BCUT2D eigenvalue weighted by Crippen LogP contribution is -2.28. The number of likely N-dealkylation sites (N-methyl/N-ethyl adjacent to an activating group) is 1. The summed E-state index contributed by atoms with van der Waals surface area (Å²) in [5, 5.41) is 6.28. The number of hydrogen-bond acceptors (Lipinski definition) is 3. The molecule has 0 aliphatic heterocycles. The molecule has 2 N–H and O–H groups in total. The minimum atomic E-state index is -0.185. The van der Waals surface area contributed by atoms with Crippen molar-refractivity contribution in [3.63, 3.8) is 0 Å². The molecule has 1 aromatic rings. The number of ether oxygens (including phenoxy) is 1. The Kier molecular flexibility index (Phi) is 5.97. The molecule has 0 heterocycles. The highest BCUT2D eigenvalue weighted by Gasteiger charge is 2.06. The zero-order valence-electron chi connectivity index (χ0n) is 10.00. The van der Waals surface area contributed by atoms with Crippen LogP contribution in [-0.4, -0.2) is 32.2 Å². The number of carbonyl (C=O) groups excluding carboxylic acids is 1. The summed E-state index contributed by atoms with van der Waals surface area (Å²) in [6.07, 6.45) is 0.00473. The molecule has 1 rings (SSSR count). The van der Waals surface area contributed by atoms with Crippen molar-refractivity contribution in [1.82, 2.24) is 5.32 Å². The van der Waals surface area contributed by atoms with E-state index in [4.69, 9.17) is 16.3 Å². The van der Waals surface area contributed by atoms with E-state index in [1.165, 1.54) is 0 Å². The van der Waals surface area contributed by atoms with Crippen molar-refractivity contribution in [1.29, 1.82) is 0 Å².